The van der Waals surface area contributed by atoms with Gasteiger partial charge in [0, 0.05) is 5.56 Å². The van der Waals surface area contributed by atoms with Gasteiger partial charge in [0.2, 0.25) is 0 Å². The molecule has 0 bridgehead atoms. The van der Waals surface area contributed by atoms with E-state index in [0.29, 0.717) is 4.47 Å². The van der Waals surface area contributed by atoms with E-state index in [-0.39, 0.29) is 0 Å². The van der Waals surface area contributed by atoms with Gasteiger partial charge in [-0.2, -0.15) is 0 Å². The standard InChI is InChI=1S/C16H12ClNS/c1-11-7-9-12(10-8-11)14-15(19-16(17)18-14)13-5-3-2-4-6-13/h2-10H,1H3. The van der Waals surface area contributed by atoms with Crippen molar-refractivity contribution in [2.75, 3.05) is 0 Å². The van der Waals surface area contributed by atoms with Crippen LogP contribution in [0, 0.1) is 6.92 Å². The minimum Gasteiger partial charge on any atom is -0.224 e. The predicted octanol–water partition coefficient (Wildman–Crippen LogP) is 5.44. The maximum Gasteiger partial charge on any atom is 0.184 e. The molecule has 0 N–H and O–H groups in total. The molecule has 3 rings (SSSR count). The second-order valence-electron chi connectivity index (χ2n) is 4.38. The Morgan fingerprint density at radius 1 is 0.895 bits per heavy atom. The minimum atomic E-state index is 0.578. The maximum absolute atomic E-state index is 6.10. The van der Waals surface area contributed by atoms with Gasteiger partial charge in [-0.15, -0.1) is 11.3 Å². The number of halogens is 1. The zero-order valence-corrected chi connectivity index (χ0v) is 12.0. The summed E-state index contributed by atoms with van der Waals surface area (Å²) in [5.74, 6) is 0. The topological polar surface area (TPSA) is 12.9 Å². The van der Waals surface area contributed by atoms with E-state index in [1.165, 1.54) is 16.9 Å². The summed E-state index contributed by atoms with van der Waals surface area (Å²) < 4.78 is 0.578. The second-order valence-corrected chi connectivity index (χ2v) is 5.96. The molecule has 0 saturated heterocycles. The van der Waals surface area contributed by atoms with Crippen molar-refractivity contribution in [1.82, 2.24) is 4.98 Å². The Labute approximate surface area is 121 Å². The molecular formula is C16H12ClNS. The summed E-state index contributed by atoms with van der Waals surface area (Å²) in [5, 5.41) is 0. The monoisotopic (exact) mass is 285 g/mol. The van der Waals surface area contributed by atoms with Crippen LogP contribution in [0.15, 0.2) is 54.6 Å². The Morgan fingerprint density at radius 3 is 2.26 bits per heavy atom. The van der Waals surface area contributed by atoms with Crippen molar-refractivity contribution < 1.29 is 0 Å². The van der Waals surface area contributed by atoms with E-state index in [2.05, 4.69) is 48.3 Å². The van der Waals surface area contributed by atoms with Crippen LogP contribution in [0.5, 0.6) is 0 Å². The van der Waals surface area contributed by atoms with Crippen molar-refractivity contribution in [3.05, 3.63) is 64.6 Å². The number of aryl methyl sites for hydroxylation is 1. The van der Waals surface area contributed by atoms with Crippen LogP contribution in [0.1, 0.15) is 5.56 Å². The number of thiazole rings is 1. The van der Waals surface area contributed by atoms with Crippen LogP contribution in [0.25, 0.3) is 21.7 Å². The second kappa shape index (κ2) is 5.16. The Balaban J connectivity index is 2.15. The average Bonchev–Trinajstić information content (AvgIpc) is 2.83. The molecule has 1 heterocycles. The van der Waals surface area contributed by atoms with Gasteiger partial charge in [0.25, 0.3) is 0 Å². The van der Waals surface area contributed by atoms with E-state index in [0.717, 1.165) is 21.7 Å². The summed E-state index contributed by atoms with van der Waals surface area (Å²) in [6, 6.07) is 18.6. The lowest BCUT2D eigenvalue weighted by atomic mass is 10.1. The van der Waals surface area contributed by atoms with Gasteiger partial charge in [-0.05, 0) is 12.5 Å². The minimum absolute atomic E-state index is 0.578. The molecular weight excluding hydrogens is 274 g/mol. The van der Waals surface area contributed by atoms with Crippen molar-refractivity contribution in [2.24, 2.45) is 0 Å². The van der Waals surface area contributed by atoms with E-state index >= 15 is 0 Å². The maximum atomic E-state index is 6.10. The van der Waals surface area contributed by atoms with Gasteiger partial charge in [-0.3, -0.25) is 0 Å². The van der Waals surface area contributed by atoms with Crippen LogP contribution >= 0.6 is 22.9 Å². The van der Waals surface area contributed by atoms with Gasteiger partial charge in [0.15, 0.2) is 4.47 Å². The molecule has 0 radical (unpaired) electrons. The molecule has 0 aliphatic heterocycles. The van der Waals surface area contributed by atoms with Gasteiger partial charge < -0.3 is 0 Å². The third-order valence-corrected chi connectivity index (χ3v) is 4.17. The Morgan fingerprint density at radius 2 is 1.58 bits per heavy atom. The van der Waals surface area contributed by atoms with Crippen LogP contribution < -0.4 is 0 Å². The number of aromatic nitrogens is 1. The van der Waals surface area contributed by atoms with E-state index in [9.17, 15) is 0 Å². The predicted molar refractivity (Wildman–Crippen MR) is 82.7 cm³/mol. The Bertz CT molecular complexity index is 687. The molecule has 3 aromatic rings. The largest absolute Gasteiger partial charge is 0.224 e. The number of hydrogen-bond acceptors (Lipinski definition) is 2. The van der Waals surface area contributed by atoms with E-state index in [1.54, 1.807) is 0 Å². The molecule has 94 valence electrons. The summed E-state index contributed by atoms with van der Waals surface area (Å²) in [7, 11) is 0. The van der Waals surface area contributed by atoms with Crippen LogP contribution in [0.3, 0.4) is 0 Å². The quantitative estimate of drug-likeness (QED) is 0.611. The highest BCUT2D eigenvalue weighted by Crippen LogP contribution is 2.38. The van der Waals surface area contributed by atoms with Gasteiger partial charge in [0.1, 0.15) is 0 Å². The van der Waals surface area contributed by atoms with Crippen molar-refractivity contribution in [2.45, 2.75) is 6.92 Å². The lowest BCUT2D eigenvalue weighted by Crippen LogP contribution is -1.82. The fourth-order valence-corrected chi connectivity index (χ4v) is 3.12. The smallest absolute Gasteiger partial charge is 0.184 e. The van der Waals surface area contributed by atoms with E-state index < -0.39 is 0 Å². The van der Waals surface area contributed by atoms with Crippen LogP contribution in [-0.2, 0) is 0 Å². The van der Waals surface area contributed by atoms with Gasteiger partial charge in [0.05, 0.1) is 10.6 Å². The molecule has 0 spiro atoms. The Kier molecular flexibility index (Phi) is 3.36. The number of hydrogen-bond donors (Lipinski definition) is 0. The molecule has 0 unspecified atom stereocenters. The van der Waals surface area contributed by atoms with Crippen molar-refractivity contribution in [1.29, 1.82) is 0 Å². The highest BCUT2D eigenvalue weighted by Gasteiger charge is 2.13. The number of rotatable bonds is 2. The zero-order valence-electron chi connectivity index (χ0n) is 10.4. The molecule has 0 aliphatic carbocycles. The lowest BCUT2D eigenvalue weighted by molar-refractivity contribution is 1.39. The molecule has 0 fully saturated rings. The van der Waals surface area contributed by atoms with Crippen LogP contribution in [0.2, 0.25) is 4.47 Å². The first-order valence-corrected chi connectivity index (χ1v) is 7.22. The zero-order chi connectivity index (χ0) is 13.2. The summed E-state index contributed by atoms with van der Waals surface area (Å²) >= 11 is 7.62. The first kappa shape index (κ1) is 12.4. The van der Waals surface area contributed by atoms with Gasteiger partial charge in [-0.1, -0.05) is 71.8 Å². The first-order valence-electron chi connectivity index (χ1n) is 6.03. The van der Waals surface area contributed by atoms with Crippen LogP contribution in [-0.4, -0.2) is 4.98 Å². The molecule has 0 saturated carbocycles. The fraction of sp³-hybridized carbons (Fsp3) is 0.0625. The van der Waals surface area contributed by atoms with Crippen molar-refractivity contribution >= 4 is 22.9 Å². The van der Waals surface area contributed by atoms with Gasteiger partial charge in [-0.25, -0.2) is 4.98 Å². The average molecular weight is 286 g/mol. The molecule has 0 amide bonds. The Hall–Kier alpha value is -1.64. The number of nitrogens with zero attached hydrogens (tertiary/aromatic N) is 1. The van der Waals surface area contributed by atoms with Gasteiger partial charge >= 0.3 is 0 Å². The summed E-state index contributed by atoms with van der Waals surface area (Å²) in [6.45, 7) is 2.08. The summed E-state index contributed by atoms with van der Waals surface area (Å²) in [4.78, 5) is 5.59. The molecule has 2 aromatic carbocycles. The molecule has 19 heavy (non-hydrogen) atoms. The number of benzene rings is 2. The highest BCUT2D eigenvalue weighted by atomic mass is 35.5. The summed E-state index contributed by atoms with van der Waals surface area (Å²) in [6.07, 6.45) is 0. The highest BCUT2D eigenvalue weighted by molar-refractivity contribution is 7.19. The van der Waals surface area contributed by atoms with Crippen molar-refractivity contribution in [3.8, 4) is 21.7 Å². The molecule has 0 atom stereocenters. The molecule has 1 aromatic heterocycles. The van der Waals surface area contributed by atoms with E-state index in [4.69, 9.17) is 11.6 Å². The fourth-order valence-electron chi connectivity index (χ4n) is 1.99. The van der Waals surface area contributed by atoms with E-state index in [1.807, 2.05) is 18.2 Å². The lowest BCUT2D eigenvalue weighted by Gasteiger charge is -2.03. The molecule has 3 heteroatoms. The normalized spacial score (nSPS) is 10.6. The SMILES string of the molecule is Cc1ccc(-c2nc(Cl)sc2-c2ccccc2)cc1. The summed E-state index contributed by atoms with van der Waals surface area (Å²) in [5.41, 5.74) is 4.46. The first-order chi connectivity index (χ1) is 9.24. The third kappa shape index (κ3) is 2.55. The third-order valence-electron chi connectivity index (χ3n) is 2.96. The van der Waals surface area contributed by atoms with Crippen LogP contribution in [0.4, 0.5) is 0 Å². The molecule has 1 nitrogen and oxygen atoms in total. The molecule has 0 aliphatic rings. The van der Waals surface area contributed by atoms with Crippen molar-refractivity contribution in [3.63, 3.8) is 0 Å².